The molecule has 0 saturated heterocycles. The normalized spacial score (nSPS) is 17.3. The standard InChI is InChI=1S/C14H18FNO2/c1-13(2,3)18-16-12(17)14(8-9-14)10-4-6-11(15)7-5-10/h4-7H,8-9H2,1-3H3,(H,16,17). The molecule has 98 valence electrons. The van der Waals surface area contributed by atoms with Gasteiger partial charge in [-0.3, -0.25) is 9.63 Å². The molecule has 1 aromatic carbocycles. The van der Waals surface area contributed by atoms with Gasteiger partial charge in [0.05, 0.1) is 11.0 Å². The molecule has 18 heavy (non-hydrogen) atoms. The number of hydrogen-bond donors (Lipinski definition) is 1. The van der Waals surface area contributed by atoms with E-state index in [1.165, 1.54) is 12.1 Å². The molecule has 0 heterocycles. The Labute approximate surface area is 106 Å². The van der Waals surface area contributed by atoms with Crippen molar-refractivity contribution in [3.8, 4) is 0 Å². The van der Waals surface area contributed by atoms with Gasteiger partial charge in [0.1, 0.15) is 5.82 Å². The third kappa shape index (κ3) is 2.70. The molecule has 0 aliphatic heterocycles. The lowest BCUT2D eigenvalue weighted by molar-refractivity contribution is -0.148. The second kappa shape index (κ2) is 4.35. The third-order valence-corrected chi connectivity index (χ3v) is 3.03. The van der Waals surface area contributed by atoms with Gasteiger partial charge in [-0.15, -0.1) is 0 Å². The summed E-state index contributed by atoms with van der Waals surface area (Å²) >= 11 is 0. The van der Waals surface area contributed by atoms with Crippen LogP contribution < -0.4 is 5.48 Å². The maximum absolute atomic E-state index is 12.9. The van der Waals surface area contributed by atoms with Crippen LogP contribution in [0.5, 0.6) is 0 Å². The first-order chi connectivity index (χ1) is 8.33. The number of hydrogen-bond acceptors (Lipinski definition) is 2. The summed E-state index contributed by atoms with van der Waals surface area (Å²) < 4.78 is 12.9. The van der Waals surface area contributed by atoms with Crippen molar-refractivity contribution in [1.29, 1.82) is 0 Å². The maximum atomic E-state index is 12.9. The molecular weight excluding hydrogens is 233 g/mol. The molecule has 0 aromatic heterocycles. The van der Waals surface area contributed by atoms with Crippen molar-refractivity contribution in [2.24, 2.45) is 0 Å². The molecule has 1 N–H and O–H groups in total. The summed E-state index contributed by atoms with van der Waals surface area (Å²) in [5.74, 6) is -0.440. The van der Waals surface area contributed by atoms with Crippen LogP contribution in [0.4, 0.5) is 4.39 Å². The second-order valence-electron chi connectivity index (χ2n) is 5.73. The zero-order chi connectivity index (χ0) is 13.4. The summed E-state index contributed by atoms with van der Waals surface area (Å²) in [6.45, 7) is 5.60. The largest absolute Gasteiger partial charge is 0.272 e. The number of carbonyl (C=O) groups excluding carboxylic acids is 1. The first kappa shape index (κ1) is 13.0. The lowest BCUT2D eigenvalue weighted by Crippen LogP contribution is -2.39. The Balaban J connectivity index is 2.07. The second-order valence-corrected chi connectivity index (χ2v) is 5.73. The van der Waals surface area contributed by atoms with Crippen molar-refractivity contribution in [1.82, 2.24) is 5.48 Å². The molecule has 0 atom stereocenters. The monoisotopic (exact) mass is 251 g/mol. The topological polar surface area (TPSA) is 38.3 Å². The van der Waals surface area contributed by atoms with Crippen molar-refractivity contribution < 1.29 is 14.0 Å². The van der Waals surface area contributed by atoms with Crippen molar-refractivity contribution in [2.75, 3.05) is 0 Å². The van der Waals surface area contributed by atoms with E-state index in [9.17, 15) is 9.18 Å². The van der Waals surface area contributed by atoms with E-state index in [0.29, 0.717) is 0 Å². The van der Waals surface area contributed by atoms with Crippen molar-refractivity contribution >= 4 is 5.91 Å². The molecule has 3 nitrogen and oxygen atoms in total. The van der Waals surface area contributed by atoms with E-state index in [1.54, 1.807) is 12.1 Å². The average Bonchev–Trinajstić information content (AvgIpc) is 3.07. The van der Waals surface area contributed by atoms with Gasteiger partial charge in [0.2, 0.25) is 0 Å². The van der Waals surface area contributed by atoms with Gasteiger partial charge < -0.3 is 0 Å². The van der Waals surface area contributed by atoms with Crippen molar-refractivity contribution in [3.05, 3.63) is 35.6 Å². The minimum absolute atomic E-state index is 0.149. The van der Waals surface area contributed by atoms with E-state index in [0.717, 1.165) is 18.4 Å². The quantitative estimate of drug-likeness (QED) is 0.839. The Morgan fingerprint density at radius 1 is 1.28 bits per heavy atom. The fourth-order valence-electron chi connectivity index (χ4n) is 1.84. The van der Waals surface area contributed by atoms with Crippen LogP contribution in [0, 0.1) is 5.82 Å². The molecule has 4 heteroatoms. The van der Waals surface area contributed by atoms with E-state index < -0.39 is 11.0 Å². The van der Waals surface area contributed by atoms with E-state index in [4.69, 9.17) is 4.84 Å². The van der Waals surface area contributed by atoms with Gasteiger partial charge in [0.15, 0.2) is 0 Å². The highest BCUT2D eigenvalue weighted by atomic mass is 19.1. The summed E-state index contributed by atoms with van der Waals surface area (Å²) in [7, 11) is 0. The fourth-order valence-corrected chi connectivity index (χ4v) is 1.84. The SMILES string of the molecule is CC(C)(C)ONC(=O)C1(c2ccc(F)cc2)CC1. The lowest BCUT2D eigenvalue weighted by Gasteiger charge is -2.22. The van der Waals surface area contributed by atoms with Crippen LogP contribution in [0.25, 0.3) is 0 Å². The molecule has 0 radical (unpaired) electrons. The van der Waals surface area contributed by atoms with Crippen molar-refractivity contribution in [3.63, 3.8) is 0 Å². The molecule has 1 fully saturated rings. The van der Waals surface area contributed by atoms with Gasteiger partial charge in [-0.1, -0.05) is 12.1 Å². The van der Waals surface area contributed by atoms with E-state index in [-0.39, 0.29) is 11.7 Å². The molecule has 1 saturated carbocycles. The Bertz CT molecular complexity index is 444. The Morgan fingerprint density at radius 3 is 2.28 bits per heavy atom. The van der Waals surface area contributed by atoms with Crippen LogP contribution in [-0.4, -0.2) is 11.5 Å². The number of rotatable bonds is 3. The molecule has 1 aromatic rings. The molecule has 1 amide bonds. The van der Waals surface area contributed by atoms with Gasteiger partial charge >= 0.3 is 0 Å². The minimum Gasteiger partial charge on any atom is -0.272 e. The minimum atomic E-state index is -0.529. The number of hydroxylamine groups is 1. The third-order valence-electron chi connectivity index (χ3n) is 3.03. The first-order valence-corrected chi connectivity index (χ1v) is 6.08. The Kier molecular flexibility index (Phi) is 3.15. The summed E-state index contributed by atoms with van der Waals surface area (Å²) in [6, 6.07) is 6.10. The van der Waals surface area contributed by atoms with Crippen LogP contribution >= 0.6 is 0 Å². The van der Waals surface area contributed by atoms with Gasteiger partial charge in [0, 0.05) is 0 Å². The van der Waals surface area contributed by atoms with Gasteiger partial charge in [-0.05, 0) is 51.3 Å². The van der Waals surface area contributed by atoms with E-state index in [1.807, 2.05) is 20.8 Å². The highest BCUT2D eigenvalue weighted by Gasteiger charge is 2.51. The van der Waals surface area contributed by atoms with Crippen LogP contribution in [0.2, 0.25) is 0 Å². The number of carbonyl (C=O) groups is 1. The summed E-state index contributed by atoms with van der Waals surface area (Å²) in [5, 5.41) is 0. The summed E-state index contributed by atoms with van der Waals surface area (Å²) in [6.07, 6.45) is 1.55. The number of nitrogens with one attached hydrogen (secondary N) is 1. The van der Waals surface area contributed by atoms with Crippen molar-refractivity contribution in [2.45, 2.75) is 44.6 Å². The zero-order valence-electron chi connectivity index (χ0n) is 10.9. The van der Waals surface area contributed by atoms with Gasteiger partial charge in [0.25, 0.3) is 5.91 Å². The van der Waals surface area contributed by atoms with E-state index >= 15 is 0 Å². The lowest BCUT2D eigenvalue weighted by atomic mass is 9.95. The number of benzene rings is 1. The Morgan fingerprint density at radius 2 is 1.83 bits per heavy atom. The number of amides is 1. The fraction of sp³-hybridized carbons (Fsp3) is 0.500. The molecule has 1 aliphatic rings. The smallest absolute Gasteiger partial charge is 0.254 e. The molecule has 2 rings (SSSR count). The predicted octanol–water partition coefficient (Wildman–Crippen LogP) is 2.70. The first-order valence-electron chi connectivity index (χ1n) is 6.08. The van der Waals surface area contributed by atoms with E-state index in [2.05, 4.69) is 5.48 Å². The van der Waals surface area contributed by atoms with Crippen LogP contribution in [0.1, 0.15) is 39.2 Å². The zero-order valence-corrected chi connectivity index (χ0v) is 10.9. The Hall–Kier alpha value is -1.42. The van der Waals surface area contributed by atoms with Crippen LogP contribution in [-0.2, 0) is 15.0 Å². The highest BCUT2D eigenvalue weighted by molar-refractivity contribution is 5.90. The summed E-state index contributed by atoms with van der Waals surface area (Å²) in [4.78, 5) is 17.4. The molecular formula is C14H18FNO2. The highest BCUT2D eigenvalue weighted by Crippen LogP contribution is 2.48. The summed E-state index contributed by atoms with van der Waals surface area (Å²) in [5.41, 5.74) is 2.40. The average molecular weight is 251 g/mol. The molecule has 0 unspecified atom stereocenters. The molecule has 1 aliphatic carbocycles. The van der Waals surface area contributed by atoms with Crippen LogP contribution in [0.3, 0.4) is 0 Å². The maximum Gasteiger partial charge on any atom is 0.254 e. The predicted molar refractivity (Wildman–Crippen MR) is 66.3 cm³/mol. The number of halogens is 1. The van der Waals surface area contributed by atoms with Gasteiger partial charge in [-0.2, -0.15) is 0 Å². The molecule has 0 bridgehead atoms. The molecule has 0 spiro atoms. The van der Waals surface area contributed by atoms with Crippen LogP contribution in [0.15, 0.2) is 24.3 Å². The van der Waals surface area contributed by atoms with Gasteiger partial charge in [-0.25, -0.2) is 9.87 Å².